The fraction of sp³-hybridized carbons (Fsp3) is 0.529. The number of esters is 1. The second-order valence-electron chi connectivity index (χ2n) is 5.53. The molecular weight excluding hydrogens is 282 g/mol. The Kier molecular flexibility index (Phi) is 5.41. The predicted molar refractivity (Wildman–Crippen MR) is 83.0 cm³/mol. The lowest BCUT2D eigenvalue weighted by Gasteiger charge is -2.31. The number of rotatable bonds is 4. The summed E-state index contributed by atoms with van der Waals surface area (Å²) in [6.45, 7) is 5.19. The van der Waals surface area contributed by atoms with Crippen LogP contribution in [0.4, 0.5) is 0 Å². The first-order valence-corrected chi connectivity index (χ1v) is 7.67. The number of piperidine rings is 1. The lowest BCUT2D eigenvalue weighted by atomic mass is 9.97. The molecule has 0 radical (unpaired) electrons. The third-order valence-corrected chi connectivity index (χ3v) is 3.97. The predicted octanol–water partition coefficient (Wildman–Crippen LogP) is 2.42. The summed E-state index contributed by atoms with van der Waals surface area (Å²) >= 11 is 0. The van der Waals surface area contributed by atoms with Gasteiger partial charge >= 0.3 is 5.97 Å². The number of ether oxygens (including phenoxy) is 2. The summed E-state index contributed by atoms with van der Waals surface area (Å²) in [6, 6.07) is 5.40. The van der Waals surface area contributed by atoms with Crippen LogP contribution in [0.2, 0.25) is 0 Å². The monoisotopic (exact) mass is 305 g/mol. The van der Waals surface area contributed by atoms with Crippen LogP contribution in [-0.2, 0) is 9.53 Å². The summed E-state index contributed by atoms with van der Waals surface area (Å²) in [5.74, 6) is 0.308. The molecule has 1 fully saturated rings. The molecule has 0 aromatic heterocycles. The topological polar surface area (TPSA) is 55.8 Å². The zero-order valence-electron chi connectivity index (χ0n) is 13.4. The smallest absolute Gasteiger partial charge is 0.310 e. The molecule has 1 heterocycles. The van der Waals surface area contributed by atoms with Gasteiger partial charge in [-0.15, -0.1) is 0 Å². The first-order valence-electron chi connectivity index (χ1n) is 7.67. The lowest BCUT2D eigenvalue weighted by Crippen LogP contribution is -2.42. The Morgan fingerprint density at radius 3 is 2.77 bits per heavy atom. The van der Waals surface area contributed by atoms with Crippen molar-refractivity contribution in [3.05, 3.63) is 29.3 Å². The van der Waals surface area contributed by atoms with Gasteiger partial charge in [0, 0.05) is 18.7 Å². The maximum atomic E-state index is 12.6. The Bertz CT molecular complexity index is 556. The second-order valence-corrected chi connectivity index (χ2v) is 5.53. The van der Waals surface area contributed by atoms with Gasteiger partial charge < -0.3 is 14.4 Å². The first-order chi connectivity index (χ1) is 10.6. The minimum absolute atomic E-state index is 0.0419. The standard InChI is InChI=1S/C17H23NO4/c1-4-22-17(20)14-6-5-9-18(11-14)16(19)13-7-8-15(21-3)12(2)10-13/h7-8,10,14H,4-6,9,11H2,1-3H3. The molecule has 120 valence electrons. The van der Waals surface area contributed by atoms with Gasteiger partial charge in [-0.1, -0.05) is 0 Å². The van der Waals surface area contributed by atoms with Crippen molar-refractivity contribution < 1.29 is 19.1 Å². The van der Waals surface area contributed by atoms with Crippen molar-refractivity contribution in [2.45, 2.75) is 26.7 Å². The Morgan fingerprint density at radius 2 is 2.14 bits per heavy atom. The summed E-state index contributed by atoms with van der Waals surface area (Å²) in [4.78, 5) is 26.2. The molecule has 1 aliphatic heterocycles. The highest BCUT2D eigenvalue weighted by Gasteiger charge is 2.29. The summed E-state index contributed by atoms with van der Waals surface area (Å²) < 4.78 is 10.3. The van der Waals surface area contributed by atoms with Crippen LogP contribution < -0.4 is 4.74 Å². The average Bonchev–Trinajstić information content (AvgIpc) is 2.54. The molecule has 1 atom stereocenters. The first kappa shape index (κ1) is 16.3. The van der Waals surface area contributed by atoms with E-state index in [4.69, 9.17) is 9.47 Å². The van der Waals surface area contributed by atoms with Crippen LogP contribution in [0, 0.1) is 12.8 Å². The van der Waals surface area contributed by atoms with E-state index in [1.807, 2.05) is 13.0 Å². The van der Waals surface area contributed by atoms with E-state index in [2.05, 4.69) is 0 Å². The van der Waals surface area contributed by atoms with Crippen LogP contribution in [0.5, 0.6) is 5.75 Å². The molecule has 0 spiro atoms. The van der Waals surface area contributed by atoms with Crippen molar-refractivity contribution in [1.29, 1.82) is 0 Å². The Hall–Kier alpha value is -2.04. The SMILES string of the molecule is CCOC(=O)C1CCCN(C(=O)c2ccc(OC)c(C)c2)C1. The van der Waals surface area contributed by atoms with Crippen molar-refractivity contribution in [3.63, 3.8) is 0 Å². The van der Waals surface area contributed by atoms with Gasteiger partial charge in [0.15, 0.2) is 0 Å². The Balaban J connectivity index is 2.08. The number of methoxy groups -OCH3 is 1. The number of nitrogens with zero attached hydrogens (tertiary/aromatic N) is 1. The van der Waals surface area contributed by atoms with Gasteiger partial charge in [0.25, 0.3) is 5.91 Å². The Labute approximate surface area is 131 Å². The van der Waals surface area contributed by atoms with Crippen molar-refractivity contribution in [2.75, 3.05) is 26.8 Å². The molecule has 1 aliphatic rings. The third-order valence-electron chi connectivity index (χ3n) is 3.97. The highest BCUT2D eigenvalue weighted by Crippen LogP contribution is 2.23. The van der Waals surface area contributed by atoms with Crippen LogP contribution in [0.15, 0.2) is 18.2 Å². The summed E-state index contributed by atoms with van der Waals surface area (Å²) in [7, 11) is 1.61. The van der Waals surface area contributed by atoms with Gasteiger partial charge in [-0.05, 0) is 50.5 Å². The molecule has 0 bridgehead atoms. The number of carbonyl (C=O) groups excluding carboxylic acids is 2. The molecule has 22 heavy (non-hydrogen) atoms. The highest BCUT2D eigenvalue weighted by atomic mass is 16.5. The Morgan fingerprint density at radius 1 is 1.36 bits per heavy atom. The molecule has 1 unspecified atom stereocenters. The number of amides is 1. The molecule has 5 heteroatoms. The zero-order valence-corrected chi connectivity index (χ0v) is 13.4. The van der Waals surface area contributed by atoms with Gasteiger partial charge in [0.1, 0.15) is 5.75 Å². The molecule has 0 N–H and O–H groups in total. The second kappa shape index (κ2) is 7.29. The fourth-order valence-corrected chi connectivity index (χ4v) is 2.81. The van der Waals surface area contributed by atoms with E-state index in [1.165, 1.54) is 0 Å². The van der Waals surface area contributed by atoms with Crippen LogP contribution >= 0.6 is 0 Å². The minimum atomic E-state index is -0.211. The maximum Gasteiger partial charge on any atom is 0.310 e. The summed E-state index contributed by atoms with van der Waals surface area (Å²) in [5, 5.41) is 0. The van der Waals surface area contributed by atoms with E-state index in [1.54, 1.807) is 31.1 Å². The van der Waals surface area contributed by atoms with E-state index in [0.717, 1.165) is 24.2 Å². The number of hydrogen-bond acceptors (Lipinski definition) is 4. The molecular formula is C17H23NO4. The number of benzene rings is 1. The number of hydrogen-bond donors (Lipinski definition) is 0. The van der Waals surface area contributed by atoms with Crippen molar-refractivity contribution in [3.8, 4) is 5.75 Å². The molecule has 1 amide bonds. The van der Waals surface area contributed by atoms with Gasteiger partial charge in [-0.2, -0.15) is 0 Å². The van der Waals surface area contributed by atoms with Gasteiger partial charge in [-0.25, -0.2) is 0 Å². The van der Waals surface area contributed by atoms with E-state index in [-0.39, 0.29) is 17.8 Å². The van der Waals surface area contributed by atoms with Crippen molar-refractivity contribution >= 4 is 11.9 Å². The van der Waals surface area contributed by atoms with Crippen molar-refractivity contribution in [2.24, 2.45) is 5.92 Å². The quantitative estimate of drug-likeness (QED) is 0.802. The molecule has 2 rings (SSSR count). The normalized spacial score (nSPS) is 18.0. The molecule has 1 saturated heterocycles. The molecule has 1 aromatic rings. The zero-order chi connectivity index (χ0) is 16.1. The van der Waals surface area contributed by atoms with Crippen LogP contribution in [0.3, 0.4) is 0 Å². The molecule has 5 nitrogen and oxygen atoms in total. The minimum Gasteiger partial charge on any atom is -0.496 e. The largest absolute Gasteiger partial charge is 0.496 e. The average molecular weight is 305 g/mol. The maximum absolute atomic E-state index is 12.6. The van der Waals surface area contributed by atoms with Gasteiger partial charge in [-0.3, -0.25) is 9.59 Å². The van der Waals surface area contributed by atoms with Crippen molar-refractivity contribution in [1.82, 2.24) is 4.90 Å². The van der Waals surface area contributed by atoms with E-state index in [9.17, 15) is 9.59 Å². The van der Waals surface area contributed by atoms with E-state index < -0.39 is 0 Å². The number of aryl methyl sites for hydroxylation is 1. The van der Waals surface area contributed by atoms with Crippen LogP contribution in [0.1, 0.15) is 35.7 Å². The third kappa shape index (κ3) is 3.59. The number of carbonyl (C=O) groups is 2. The van der Waals surface area contributed by atoms with Gasteiger partial charge in [0.2, 0.25) is 0 Å². The summed E-state index contributed by atoms with van der Waals surface area (Å²) in [5.41, 5.74) is 1.55. The molecule has 0 saturated carbocycles. The lowest BCUT2D eigenvalue weighted by molar-refractivity contribution is -0.149. The number of likely N-dealkylation sites (tertiary alicyclic amines) is 1. The molecule has 1 aromatic carbocycles. The van der Waals surface area contributed by atoms with E-state index in [0.29, 0.717) is 25.3 Å². The van der Waals surface area contributed by atoms with Gasteiger partial charge in [0.05, 0.1) is 19.6 Å². The summed E-state index contributed by atoms with van der Waals surface area (Å²) in [6.07, 6.45) is 1.61. The molecule has 0 aliphatic carbocycles. The fourth-order valence-electron chi connectivity index (χ4n) is 2.81. The highest BCUT2D eigenvalue weighted by molar-refractivity contribution is 5.95. The van der Waals surface area contributed by atoms with Crippen LogP contribution in [0.25, 0.3) is 0 Å². The van der Waals surface area contributed by atoms with E-state index >= 15 is 0 Å². The van der Waals surface area contributed by atoms with Crippen LogP contribution in [-0.4, -0.2) is 43.6 Å².